The SMILES string of the molecule is CNC(SF)c1cccc(Cl)c1. The second kappa shape index (κ2) is 4.70. The van der Waals surface area contributed by atoms with Gasteiger partial charge in [-0.05, 0) is 24.7 Å². The van der Waals surface area contributed by atoms with Crippen LogP contribution in [0.1, 0.15) is 10.9 Å². The van der Waals surface area contributed by atoms with Crippen molar-refractivity contribution in [1.82, 2.24) is 5.32 Å². The summed E-state index contributed by atoms with van der Waals surface area (Å²) in [5, 5.41) is 3.12. The molecule has 0 heterocycles. The highest BCUT2D eigenvalue weighted by molar-refractivity contribution is 7.94. The van der Waals surface area contributed by atoms with Gasteiger partial charge in [0.05, 0.1) is 12.1 Å². The van der Waals surface area contributed by atoms with Crippen molar-refractivity contribution < 1.29 is 3.89 Å². The van der Waals surface area contributed by atoms with Crippen LogP contribution in [0.4, 0.5) is 3.89 Å². The Balaban J connectivity index is 2.85. The van der Waals surface area contributed by atoms with Gasteiger partial charge in [-0.25, -0.2) is 0 Å². The first kappa shape index (κ1) is 9.84. The molecular formula is C8H9ClFNS. The molecule has 66 valence electrons. The number of nitrogens with one attached hydrogen (secondary N) is 1. The van der Waals surface area contributed by atoms with Crippen LogP contribution in [0.15, 0.2) is 24.3 Å². The Morgan fingerprint density at radius 3 is 2.83 bits per heavy atom. The first-order chi connectivity index (χ1) is 5.77. The number of rotatable bonds is 3. The molecule has 4 heteroatoms. The van der Waals surface area contributed by atoms with Crippen LogP contribution in [-0.2, 0) is 0 Å². The van der Waals surface area contributed by atoms with Crippen molar-refractivity contribution in [3.63, 3.8) is 0 Å². The summed E-state index contributed by atoms with van der Waals surface area (Å²) in [6.45, 7) is 0. The van der Waals surface area contributed by atoms with Crippen LogP contribution in [0.5, 0.6) is 0 Å². The monoisotopic (exact) mass is 205 g/mol. The van der Waals surface area contributed by atoms with Gasteiger partial charge in [-0.3, -0.25) is 0 Å². The second-order valence-electron chi connectivity index (χ2n) is 2.31. The Bertz CT molecular complexity index is 253. The number of hydrogen-bond acceptors (Lipinski definition) is 2. The van der Waals surface area contributed by atoms with E-state index in [1.165, 1.54) is 0 Å². The minimum atomic E-state index is -0.330. The van der Waals surface area contributed by atoms with E-state index >= 15 is 0 Å². The van der Waals surface area contributed by atoms with Gasteiger partial charge < -0.3 is 5.32 Å². The van der Waals surface area contributed by atoms with E-state index in [9.17, 15) is 3.89 Å². The first-order valence-electron chi connectivity index (χ1n) is 3.48. The van der Waals surface area contributed by atoms with Gasteiger partial charge in [0.2, 0.25) is 0 Å². The summed E-state index contributed by atoms with van der Waals surface area (Å²) in [5.74, 6) is 0. The highest BCUT2D eigenvalue weighted by Crippen LogP contribution is 2.27. The summed E-state index contributed by atoms with van der Waals surface area (Å²) in [6.07, 6.45) is 0. The zero-order chi connectivity index (χ0) is 8.97. The highest BCUT2D eigenvalue weighted by atomic mass is 35.5. The molecule has 0 saturated heterocycles. The van der Waals surface area contributed by atoms with Crippen LogP contribution in [0.3, 0.4) is 0 Å². The zero-order valence-corrected chi connectivity index (χ0v) is 8.12. The predicted molar refractivity (Wildman–Crippen MR) is 52.0 cm³/mol. The summed E-state index contributed by atoms with van der Waals surface area (Å²) in [4.78, 5) is 0. The fourth-order valence-corrected chi connectivity index (χ4v) is 1.47. The van der Waals surface area contributed by atoms with Crippen molar-refractivity contribution in [3.05, 3.63) is 34.9 Å². The molecule has 1 rings (SSSR count). The molecule has 0 aromatic heterocycles. The predicted octanol–water partition coefficient (Wildman–Crippen LogP) is 3.18. The largest absolute Gasteiger partial charge is 0.303 e. The van der Waals surface area contributed by atoms with Crippen LogP contribution in [-0.4, -0.2) is 7.05 Å². The maximum absolute atomic E-state index is 12.3. The number of hydrogen-bond donors (Lipinski definition) is 1. The third kappa shape index (κ3) is 2.37. The molecular weight excluding hydrogens is 197 g/mol. The molecule has 0 fully saturated rings. The van der Waals surface area contributed by atoms with Gasteiger partial charge in [0, 0.05) is 5.02 Å². The Morgan fingerprint density at radius 1 is 1.58 bits per heavy atom. The van der Waals surface area contributed by atoms with E-state index in [1.807, 2.05) is 6.07 Å². The molecule has 0 bridgehead atoms. The van der Waals surface area contributed by atoms with Gasteiger partial charge in [-0.2, -0.15) is 3.89 Å². The first-order valence-corrected chi connectivity index (χ1v) is 4.64. The van der Waals surface area contributed by atoms with E-state index < -0.39 is 0 Å². The molecule has 0 spiro atoms. The molecule has 1 atom stereocenters. The number of benzene rings is 1. The molecule has 1 aromatic rings. The maximum atomic E-state index is 12.3. The smallest absolute Gasteiger partial charge is 0.111 e. The van der Waals surface area contributed by atoms with Crippen LogP contribution in [0.2, 0.25) is 5.02 Å². The lowest BCUT2D eigenvalue weighted by Crippen LogP contribution is -2.11. The lowest BCUT2D eigenvalue weighted by atomic mass is 10.2. The average molecular weight is 206 g/mol. The van der Waals surface area contributed by atoms with Gasteiger partial charge >= 0.3 is 0 Å². The molecule has 0 aliphatic heterocycles. The van der Waals surface area contributed by atoms with Crippen molar-refractivity contribution in [3.8, 4) is 0 Å². The Labute approximate surface area is 80.6 Å². The molecule has 1 nitrogen and oxygen atoms in total. The lowest BCUT2D eigenvalue weighted by molar-refractivity contribution is 0.764. The standard InChI is InChI=1S/C8H9ClFNS/c1-11-8(12-10)6-3-2-4-7(9)5-6/h2-5,8,11H,1H3. The molecule has 1 N–H and O–H groups in total. The van der Waals surface area contributed by atoms with Crippen molar-refractivity contribution in [2.75, 3.05) is 7.05 Å². The van der Waals surface area contributed by atoms with E-state index in [2.05, 4.69) is 5.32 Å². The summed E-state index contributed by atoms with van der Waals surface area (Å²) >= 11 is 6.01. The third-order valence-corrected chi connectivity index (χ3v) is 2.42. The van der Waals surface area contributed by atoms with Gasteiger partial charge in [0.1, 0.15) is 5.37 Å². The van der Waals surface area contributed by atoms with Gasteiger partial charge in [0.25, 0.3) is 0 Å². The topological polar surface area (TPSA) is 12.0 Å². The van der Waals surface area contributed by atoms with Crippen LogP contribution >= 0.6 is 23.7 Å². The lowest BCUT2D eigenvalue weighted by Gasteiger charge is -2.10. The summed E-state index contributed by atoms with van der Waals surface area (Å²) < 4.78 is 12.3. The highest BCUT2D eigenvalue weighted by Gasteiger charge is 2.09. The molecule has 0 aliphatic rings. The minimum absolute atomic E-state index is 0.262. The van der Waals surface area contributed by atoms with Crippen LogP contribution < -0.4 is 5.32 Å². The normalized spacial score (nSPS) is 12.9. The fraction of sp³-hybridized carbons (Fsp3) is 0.250. The van der Waals surface area contributed by atoms with Crippen LogP contribution in [0.25, 0.3) is 0 Å². The average Bonchev–Trinajstić information content (AvgIpc) is 2.07. The summed E-state index contributed by atoms with van der Waals surface area (Å²) in [7, 11) is 1.71. The molecule has 1 unspecified atom stereocenters. The summed E-state index contributed by atoms with van der Waals surface area (Å²) in [6, 6.07) is 7.15. The Kier molecular flexibility index (Phi) is 3.85. The van der Waals surface area contributed by atoms with E-state index in [4.69, 9.17) is 11.6 Å². The van der Waals surface area contributed by atoms with Gasteiger partial charge in [0.15, 0.2) is 0 Å². The van der Waals surface area contributed by atoms with Crippen molar-refractivity contribution in [2.24, 2.45) is 0 Å². The Morgan fingerprint density at radius 2 is 2.33 bits per heavy atom. The maximum Gasteiger partial charge on any atom is 0.111 e. The quantitative estimate of drug-likeness (QED) is 0.761. The molecule has 12 heavy (non-hydrogen) atoms. The molecule has 0 aliphatic carbocycles. The van der Waals surface area contributed by atoms with Crippen molar-refractivity contribution in [1.29, 1.82) is 0 Å². The molecule has 0 amide bonds. The second-order valence-corrected chi connectivity index (χ2v) is 3.40. The zero-order valence-electron chi connectivity index (χ0n) is 6.55. The number of halogens is 2. The van der Waals surface area contributed by atoms with Crippen molar-refractivity contribution in [2.45, 2.75) is 5.37 Å². The molecule has 1 aromatic carbocycles. The molecule has 0 saturated carbocycles. The fourth-order valence-electron chi connectivity index (χ4n) is 0.932. The summed E-state index contributed by atoms with van der Waals surface area (Å²) in [5.41, 5.74) is 0.845. The van der Waals surface area contributed by atoms with Crippen LogP contribution in [0, 0.1) is 0 Å². The van der Waals surface area contributed by atoms with E-state index in [-0.39, 0.29) is 17.5 Å². The van der Waals surface area contributed by atoms with Gasteiger partial charge in [-0.1, -0.05) is 23.7 Å². The van der Waals surface area contributed by atoms with E-state index in [0.717, 1.165) is 5.56 Å². The Hall–Kier alpha value is -0.250. The molecule has 0 radical (unpaired) electrons. The minimum Gasteiger partial charge on any atom is -0.303 e. The van der Waals surface area contributed by atoms with Crippen molar-refractivity contribution >= 4 is 23.7 Å². The van der Waals surface area contributed by atoms with E-state index in [0.29, 0.717) is 5.02 Å². The van der Waals surface area contributed by atoms with E-state index in [1.54, 1.807) is 25.2 Å². The third-order valence-electron chi connectivity index (χ3n) is 1.50. The van der Waals surface area contributed by atoms with Gasteiger partial charge in [-0.15, -0.1) is 0 Å².